The molecular formula is C17H18O4. The molecule has 0 bridgehead atoms. The van der Waals surface area contributed by atoms with Crippen LogP contribution in [-0.2, 0) is 10.2 Å². The number of hydrogen-bond acceptors (Lipinski definition) is 4. The smallest absolute Gasteiger partial charge is 0.351 e. The van der Waals surface area contributed by atoms with Gasteiger partial charge in [-0.1, -0.05) is 51.1 Å². The molecule has 0 amide bonds. The summed E-state index contributed by atoms with van der Waals surface area (Å²) >= 11 is 0. The first-order valence-corrected chi connectivity index (χ1v) is 6.67. The molecule has 1 heterocycles. The number of methoxy groups -OCH3 is 1. The van der Waals surface area contributed by atoms with Crippen LogP contribution in [0.5, 0.6) is 0 Å². The number of carbonyl (C=O) groups excluding carboxylic acids is 1. The maximum Gasteiger partial charge on any atom is 0.351 e. The third kappa shape index (κ3) is 3.05. The van der Waals surface area contributed by atoms with Crippen molar-refractivity contribution in [2.75, 3.05) is 7.11 Å². The molecule has 0 saturated heterocycles. The zero-order chi connectivity index (χ0) is 15.6. The van der Waals surface area contributed by atoms with Gasteiger partial charge in [0.2, 0.25) is 0 Å². The number of esters is 1. The lowest BCUT2D eigenvalue weighted by Gasteiger charge is -2.18. The minimum atomic E-state index is -0.692. The van der Waals surface area contributed by atoms with Crippen molar-refractivity contribution in [2.45, 2.75) is 26.2 Å². The fraction of sp³-hybridized carbons (Fsp3) is 0.294. The van der Waals surface area contributed by atoms with E-state index in [4.69, 9.17) is 9.15 Å². The Hall–Kier alpha value is -2.36. The minimum absolute atomic E-state index is 0.0725. The van der Waals surface area contributed by atoms with Crippen LogP contribution >= 0.6 is 0 Å². The molecule has 1 aromatic carbocycles. The van der Waals surface area contributed by atoms with Crippen molar-refractivity contribution in [3.8, 4) is 11.1 Å². The van der Waals surface area contributed by atoms with Crippen molar-refractivity contribution in [3.63, 3.8) is 0 Å². The zero-order valence-electron chi connectivity index (χ0n) is 12.6. The van der Waals surface area contributed by atoms with Crippen LogP contribution in [0.4, 0.5) is 0 Å². The van der Waals surface area contributed by atoms with Gasteiger partial charge < -0.3 is 9.15 Å². The lowest BCUT2D eigenvalue weighted by atomic mass is 9.90. The van der Waals surface area contributed by atoms with Crippen molar-refractivity contribution in [1.82, 2.24) is 0 Å². The largest absolute Gasteiger partial charge is 0.465 e. The molecule has 0 radical (unpaired) electrons. The summed E-state index contributed by atoms with van der Waals surface area (Å²) in [6.45, 7) is 5.83. The normalized spacial score (nSPS) is 11.2. The third-order valence-corrected chi connectivity index (χ3v) is 3.17. The number of benzene rings is 1. The third-order valence-electron chi connectivity index (χ3n) is 3.17. The van der Waals surface area contributed by atoms with Crippen LogP contribution in [0.3, 0.4) is 0 Å². The second-order valence-corrected chi connectivity index (χ2v) is 5.79. The summed E-state index contributed by atoms with van der Waals surface area (Å²) in [5, 5.41) is 0. The molecular weight excluding hydrogens is 268 g/mol. The van der Waals surface area contributed by atoms with Gasteiger partial charge in [0.05, 0.1) is 7.11 Å². The lowest BCUT2D eigenvalue weighted by molar-refractivity contribution is 0.0595. The first-order chi connectivity index (χ1) is 9.84. The van der Waals surface area contributed by atoms with Gasteiger partial charge >= 0.3 is 11.6 Å². The van der Waals surface area contributed by atoms with Crippen molar-refractivity contribution in [2.24, 2.45) is 0 Å². The Morgan fingerprint density at radius 2 is 1.76 bits per heavy atom. The Morgan fingerprint density at radius 3 is 2.29 bits per heavy atom. The lowest BCUT2D eigenvalue weighted by Crippen LogP contribution is -2.21. The number of ether oxygens (including phenoxy) is 1. The van der Waals surface area contributed by atoms with Crippen LogP contribution in [0.1, 0.15) is 36.9 Å². The quantitative estimate of drug-likeness (QED) is 0.794. The van der Waals surface area contributed by atoms with Gasteiger partial charge in [-0.15, -0.1) is 0 Å². The number of rotatable bonds is 2. The number of hydrogen-bond donors (Lipinski definition) is 0. The molecule has 0 aliphatic heterocycles. The molecule has 0 N–H and O–H groups in total. The van der Waals surface area contributed by atoms with E-state index in [1.807, 2.05) is 51.1 Å². The van der Waals surface area contributed by atoms with Crippen LogP contribution in [0.2, 0.25) is 0 Å². The predicted octanol–water partition coefficient (Wildman–Crippen LogP) is 3.39. The van der Waals surface area contributed by atoms with Gasteiger partial charge in [-0.25, -0.2) is 9.59 Å². The highest BCUT2D eigenvalue weighted by atomic mass is 16.5. The molecule has 0 aliphatic rings. The van der Waals surface area contributed by atoms with Crippen LogP contribution in [0.15, 0.2) is 45.6 Å². The van der Waals surface area contributed by atoms with Crippen LogP contribution in [0.25, 0.3) is 11.1 Å². The van der Waals surface area contributed by atoms with E-state index in [-0.39, 0.29) is 11.0 Å². The molecule has 1 aromatic heterocycles. The van der Waals surface area contributed by atoms with Gasteiger partial charge in [0.25, 0.3) is 0 Å². The van der Waals surface area contributed by atoms with Crippen molar-refractivity contribution < 1.29 is 13.9 Å². The Bertz CT molecular complexity index is 706. The molecule has 4 heteroatoms. The van der Waals surface area contributed by atoms with E-state index in [1.165, 1.54) is 7.11 Å². The molecule has 2 aromatic rings. The molecule has 0 spiro atoms. The van der Waals surface area contributed by atoms with Crippen LogP contribution in [0, 0.1) is 0 Å². The van der Waals surface area contributed by atoms with E-state index in [1.54, 1.807) is 6.07 Å². The molecule has 21 heavy (non-hydrogen) atoms. The van der Waals surface area contributed by atoms with Crippen LogP contribution in [-0.4, -0.2) is 13.1 Å². The van der Waals surface area contributed by atoms with Gasteiger partial charge in [-0.2, -0.15) is 0 Å². The summed E-state index contributed by atoms with van der Waals surface area (Å²) in [6.07, 6.45) is 0. The summed E-state index contributed by atoms with van der Waals surface area (Å²) in [4.78, 5) is 24.1. The molecule has 0 atom stereocenters. The van der Waals surface area contributed by atoms with Crippen molar-refractivity contribution >= 4 is 5.97 Å². The van der Waals surface area contributed by atoms with Gasteiger partial charge in [0.1, 0.15) is 5.76 Å². The molecule has 4 nitrogen and oxygen atoms in total. The van der Waals surface area contributed by atoms with Gasteiger partial charge in [-0.3, -0.25) is 0 Å². The molecule has 0 saturated carbocycles. The highest BCUT2D eigenvalue weighted by Crippen LogP contribution is 2.28. The standard InChI is InChI=1S/C17H18O4/c1-17(2,3)13-10-12(11-8-6-5-7-9-11)14(15(18)20-4)16(19)21-13/h5-10H,1-4H3. The fourth-order valence-corrected chi connectivity index (χ4v) is 2.00. The summed E-state index contributed by atoms with van der Waals surface area (Å²) < 4.78 is 10.0. The SMILES string of the molecule is COC(=O)c1c(-c2ccccc2)cc(C(C)(C)C)oc1=O. The fourth-order valence-electron chi connectivity index (χ4n) is 2.00. The van der Waals surface area contributed by atoms with Gasteiger partial charge in [0, 0.05) is 11.0 Å². The predicted molar refractivity (Wildman–Crippen MR) is 80.5 cm³/mol. The van der Waals surface area contributed by atoms with E-state index in [2.05, 4.69) is 0 Å². The Labute approximate surface area is 123 Å². The molecule has 0 aliphatic carbocycles. The number of carbonyl (C=O) groups is 1. The van der Waals surface area contributed by atoms with E-state index in [9.17, 15) is 9.59 Å². The molecule has 0 unspecified atom stereocenters. The van der Waals surface area contributed by atoms with Crippen molar-refractivity contribution in [3.05, 3.63) is 58.1 Å². The second-order valence-electron chi connectivity index (χ2n) is 5.79. The average molecular weight is 286 g/mol. The van der Waals surface area contributed by atoms with E-state index in [0.29, 0.717) is 11.3 Å². The zero-order valence-corrected chi connectivity index (χ0v) is 12.6. The maximum atomic E-state index is 12.2. The summed E-state index contributed by atoms with van der Waals surface area (Å²) in [5.74, 6) is -0.165. The van der Waals surface area contributed by atoms with E-state index < -0.39 is 11.6 Å². The van der Waals surface area contributed by atoms with E-state index >= 15 is 0 Å². The Balaban J connectivity index is 2.78. The van der Waals surface area contributed by atoms with Crippen LogP contribution < -0.4 is 5.63 Å². The Morgan fingerprint density at radius 1 is 1.14 bits per heavy atom. The molecule has 110 valence electrons. The first kappa shape index (κ1) is 15.0. The van der Waals surface area contributed by atoms with E-state index in [0.717, 1.165) is 5.56 Å². The Kier molecular flexibility index (Phi) is 3.98. The molecule has 0 fully saturated rings. The average Bonchev–Trinajstić information content (AvgIpc) is 2.45. The highest BCUT2D eigenvalue weighted by Gasteiger charge is 2.25. The second kappa shape index (κ2) is 5.56. The maximum absolute atomic E-state index is 12.2. The van der Waals surface area contributed by atoms with Crippen molar-refractivity contribution in [1.29, 1.82) is 0 Å². The first-order valence-electron chi connectivity index (χ1n) is 6.67. The topological polar surface area (TPSA) is 56.5 Å². The summed E-state index contributed by atoms with van der Waals surface area (Å²) in [5.41, 5.74) is 0.224. The highest BCUT2D eigenvalue weighted by molar-refractivity contribution is 5.96. The summed E-state index contributed by atoms with van der Waals surface area (Å²) in [6, 6.07) is 11.0. The van der Waals surface area contributed by atoms with Gasteiger partial charge in [-0.05, 0) is 11.6 Å². The van der Waals surface area contributed by atoms with Gasteiger partial charge in [0.15, 0.2) is 5.56 Å². The monoisotopic (exact) mass is 286 g/mol. The minimum Gasteiger partial charge on any atom is -0.465 e. The molecule has 2 rings (SSSR count). The summed E-state index contributed by atoms with van der Waals surface area (Å²) in [7, 11) is 1.24.